The van der Waals surface area contributed by atoms with Crippen LogP contribution in [0.5, 0.6) is 0 Å². The summed E-state index contributed by atoms with van der Waals surface area (Å²) in [6, 6.07) is 0. The molecule has 1 N–H and O–H groups in total. The van der Waals surface area contributed by atoms with Gasteiger partial charge in [0, 0.05) is 12.8 Å². The fourth-order valence-electron chi connectivity index (χ4n) is 2.82. The van der Waals surface area contributed by atoms with Crippen LogP contribution in [-0.2, 0) is 18.4 Å². The first-order valence-corrected chi connectivity index (χ1v) is 15.9. The van der Waals surface area contributed by atoms with Gasteiger partial charge in [0.1, 0.15) is 0 Å². The van der Waals surface area contributed by atoms with Crippen LogP contribution in [-0.4, -0.2) is 52.6 Å². The summed E-state index contributed by atoms with van der Waals surface area (Å²) in [5.74, 6) is -0.632. The molecule has 0 saturated heterocycles. The molecule has 1 saturated carbocycles. The van der Waals surface area contributed by atoms with Gasteiger partial charge in [0.05, 0.1) is 19.3 Å². The van der Waals surface area contributed by atoms with Crippen molar-refractivity contribution in [2.24, 2.45) is 0 Å². The van der Waals surface area contributed by atoms with Gasteiger partial charge in [0.2, 0.25) is 0 Å². The molecule has 1 rings (SSSR count). The Balaban J connectivity index is 3.27. The highest BCUT2D eigenvalue weighted by Crippen LogP contribution is 2.45. The standard InChI is InChI=1S/C21H42O5Si2/c1-15-16(25-27(9,10)19(2,3)4)13-21(23,18(22)24-8)14-17(15)26-28(11,12)20(5,6)7/h16-17,23H,1,13-14H2,2-12H3/t16-,17+,21?. The lowest BCUT2D eigenvalue weighted by atomic mass is 9.79. The summed E-state index contributed by atoms with van der Waals surface area (Å²) in [6.45, 7) is 25.9. The van der Waals surface area contributed by atoms with Gasteiger partial charge < -0.3 is 18.7 Å². The first-order valence-electron chi connectivity index (χ1n) is 10.1. The summed E-state index contributed by atoms with van der Waals surface area (Å²) in [6.07, 6.45) is -0.563. The molecule has 0 aliphatic heterocycles. The van der Waals surface area contributed by atoms with E-state index in [1.165, 1.54) is 7.11 Å². The van der Waals surface area contributed by atoms with Gasteiger partial charge in [-0.15, -0.1) is 0 Å². The van der Waals surface area contributed by atoms with Crippen LogP contribution in [0.15, 0.2) is 12.2 Å². The normalized spacial score (nSPS) is 27.6. The summed E-state index contributed by atoms with van der Waals surface area (Å²) in [5, 5.41) is 11.2. The zero-order chi connectivity index (χ0) is 22.3. The van der Waals surface area contributed by atoms with Crippen molar-refractivity contribution in [3.05, 3.63) is 12.2 Å². The molecule has 1 fully saturated rings. The molecule has 1 aliphatic rings. The lowest BCUT2D eigenvalue weighted by Gasteiger charge is -2.48. The summed E-state index contributed by atoms with van der Waals surface area (Å²) < 4.78 is 18.1. The second-order valence-corrected chi connectivity index (χ2v) is 20.8. The Bertz CT molecular complexity index is 559. The fraction of sp³-hybridized carbons (Fsp3) is 0.857. The Morgan fingerprint density at radius 2 is 1.29 bits per heavy atom. The molecule has 0 bridgehead atoms. The van der Waals surface area contributed by atoms with Crippen molar-refractivity contribution in [2.75, 3.05) is 7.11 Å². The molecule has 0 radical (unpaired) electrons. The Kier molecular flexibility index (Phi) is 7.29. The number of ether oxygens (including phenoxy) is 1. The Morgan fingerprint density at radius 3 is 1.54 bits per heavy atom. The van der Waals surface area contributed by atoms with E-state index in [1.807, 2.05) is 0 Å². The molecule has 5 nitrogen and oxygen atoms in total. The van der Waals surface area contributed by atoms with Gasteiger partial charge in [-0.2, -0.15) is 0 Å². The predicted molar refractivity (Wildman–Crippen MR) is 119 cm³/mol. The number of carbonyl (C=O) groups is 1. The van der Waals surface area contributed by atoms with E-state index in [0.717, 1.165) is 5.57 Å². The highest BCUT2D eigenvalue weighted by Gasteiger charge is 2.52. The molecule has 0 aromatic rings. The molecule has 1 unspecified atom stereocenters. The second kappa shape index (κ2) is 7.98. The summed E-state index contributed by atoms with van der Waals surface area (Å²) in [4.78, 5) is 12.4. The van der Waals surface area contributed by atoms with Crippen LogP contribution in [0.2, 0.25) is 36.3 Å². The Morgan fingerprint density at radius 1 is 0.964 bits per heavy atom. The number of hydrogen-bond acceptors (Lipinski definition) is 5. The molecular formula is C21H42O5Si2. The topological polar surface area (TPSA) is 65.0 Å². The minimum absolute atomic E-state index is 0.00386. The largest absolute Gasteiger partial charge is 0.467 e. The van der Waals surface area contributed by atoms with E-state index >= 15 is 0 Å². The third-order valence-electron chi connectivity index (χ3n) is 6.92. The van der Waals surface area contributed by atoms with Crippen molar-refractivity contribution < 1.29 is 23.5 Å². The van der Waals surface area contributed by atoms with Gasteiger partial charge in [-0.3, -0.25) is 0 Å². The zero-order valence-corrected chi connectivity index (χ0v) is 21.9. The van der Waals surface area contributed by atoms with Crippen molar-refractivity contribution in [3.63, 3.8) is 0 Å². The number of carbonyl (C=O) groups excluding carboxylic acids is 1. The predicted octanol–water partition coefficient (Wildman–Crippen LogP) is 5.02. The van der Waals surface area contributed by atoms with Gasteiger partial charge in [-0.1, -0.05) is 48.1 Å². The van der Waals surface area contributed by atoms with Crippen LogP contribution in [0.3, 0.4) is 0 Å². The quantitative estimate of drug-likeness (QED) is 0.377. The minimum atomic E-state index is -2.13. The Hall–Kier alpha value is -0.476. The van der Waals surface area contributed by atoms with Gasteiger partial charge in [0.15, 0.2) is 22.2 Å². The van der Waals surface area contributed by atoms with E-state index in [9.17, 15) is 9.90 Å². The summed E-state index contributed by atoms with van der Waals surface area (Å²) >= 11 is 0. The molecule has 7 heteroatoms. The molecule has 1 aliphatic carbocycles. The average Bonchev–Trinajstić information content (AvgIpc) is 2.48. The van der Waals surface area contributed by atoms with E-state index in [0.29, 0.717) is 0 Å². The maximum absolute atomic E-state index is 12.4. The lowest BCUT2D eigenvalue weighted by molar-refractivity contribution is -0.170. The van der Waals surface area contributed by atoms with Gasteiger partial charge in [0.25, 0.3) is 0 Å². The highest BCUT2D eigenvalue weighted by atomic mass is 28.4. The number of hydrogen-bond donors (Lipinski definition) is 1. The fourth-order valence-corrected chi connectivity index (χ4v) is 5.42. The average molecular weight is 431 g/mol. The van der Waals surface area contributed by atoms with Crippen molar-refractivity contribution in [1.82, 2.24) is 0 Å². The molecule has 28 heavy (non-hydrogen) atoms. The third kappa shape index (κ3) is 5.36. The van der Waals surface area contributed by atoms with Crippen molar-refractivity contribution in [1.29, 1.82) is 0 Å². The molecule has 3 atom stereocenters. The van der Waals surface area contributed by atoms with E-state index < -0.39 is 40.4 Å². The summed E-state index contributed by atoms with van der Waals surface area (Å²) in [5.41, 5.74) is -0.807. The van der Waals surface area contributed by atoms with Crippen LogP contribution in [0.25, 0.3) is 0 Å². The SMILES string of the molecule is C=C1[C@@H](O[Si](C)(C)C(C)(C)C)CC(O)(C(=O)OC)C[C@H]1O[Si](C)(C)C(C)(C)C. The molecule has 0 spiro atoms. The number of aliphatic hydroxyl groups is 1. The van der Waals surface area contributed by atoms with E-state index in [4.69, 9.17) is 13.6 Å². The molecule has 164 valence electrons. The number of methoxy groups -OCH3 is 1. The van der Waals surface area contributed by atoms with E-state index in [1.54, 1.807) is 0 Å². The number of esters is 1. The third-order valence-corrected chi connectivity index (χ3v) is 15.9. The molecule has 0 heterocycles. The summed E-state index contributed by atoms with van der Waals surface area (Å²) in [7, 11) is -2.97. The van der Waals surface area contributed by atoms with Gasteiger partial charge in [-0.25, -0.2) is 4.79 Å². The molecule has 0 aromatic carbocycles. The lowest BCUT2D eigenvalue weighted by Crippen LogP contribution is -2.57. The van der Waals surface area contributed by atoms with Gasteiger partial charge >= 0.3 is 5.97 Å². The van der Waals surface area contributed by atoms with E-state index in [-0.39, 0.29) is 22.9 Å². The highest BCUT2D eigenvalue weighted by molar-refractivity contribution is 6.74. The van der Waals surface area contributed by atoms with Crippen molar-refractivity contribution in [3.8, 4) is 0 Å². The van der Waals surface area contributed by atoms with Crippen LogP contribution < -0.4 is 0 Å². The number of rotatable bonds is 5. The minimum Gasteiger partial charge on any atom is -0.467 e. The van der Waals surface area contributed by atoms with Gasteiger partial charge in [-0.05, 0) is 41.8 Å². The monoisotopic (exact) mass is 430 g/mol. The van der Waals surface area contributed by atoms with Crippen LogP contribution >= 0.6 is 0 Å². The zero-order valence-electron chi connectivity index (χ0n) is 19.9. The first-order chi connectivity index (χ1) is 12.3. The molecular weight excluding hydrogens is 388 g/mol. The van der Waals surface area contributed by atoms with Crippen LogP contribution in [0.1, 0.15) is 54.4 Å². The maximum Gasteiger partial charge on any atom is 0.338 e. The second-order valence-electron chi connectivity index (χ2n) is 11.2. The first kappa shape index (κ1) is 25.6. The van der Waals surface area contributed by atoms with Crippen LogP contribution in [0, 0.1) is 0 Å². The smallest absolute Gasteiger partial charge is 0.338 e. The Labute approximate surface area is 174 Å². The maximum atomic E-state index is 12.4. The molecule has 0 aromatic heterocycles. The van der Waals surface area contributed by atoms with E-state index in [2.05, 4.69) is 74.3 Å². The van der Waals surface area contributed by atoms with Crippen LogP contribution in [0.4, 0.5) is 0 Å². The van der Waals surface area contributed by atoms with Crippen molar-refractivity contribution >= 4 is 22.6 Å². The molecule has 0 amide bonds. The van der Waals surface area contributed by atoms with Crippen molar-refractivity contribution in [2.45, 2.75) is 108 Å².